The summed E-state index contributed by atoms with van der Waals surface area (Å²) >= 11 is 0. The number of Topliss-reactive ketones (excluding diaryl/α,β-unsaturated/α-hetero) is 1. The summed E-state index contributed by atoms with van der Waals surface area (Å²) in [5.74, 6) is 0.262. The lowest BCUT2D eigenvalue weighted by Gasteiger charge is -2.24. The lowest BCUT2D eigenvalue weighted by molar-refractivity contribution is -0.124. The fraction of sp³-hybridized carbons (Fsp3) is 0.938. The van der Waals surface area contributed by atoms with Crippen molar-refractivity contribution < 1.29 is 4.79 Å². The first-order valence-electron chi connectivity index (χ1n) is 7.92. The third-order valence-corrected chi connectivity index (χ3v) is 4.07. The Hall–Kier alpha value is -0.370. The molecule has 0 aliphatic carbocycles. The van der Waals surface area contributed by atoms with E-state index in [2.05, 4.69) is 6.92 Å². The van der Waals surface area contributed by atoms with Gasteiger partial charge in [-0.15, -0.1) is 0 Å². The van der Waals surface area contributed by atoms with Crippen molar-refractivity contribution in [1.29, 1.82) is 0 Å². The number of nitrogens with two attached hydrogens (primary N) is 1. The zero-order valence-electron chi connectivity index (χ0n) is 12.8. The van der Waals surface area contributed by atoms with E-state index in [4.69, 9.17) is 5.73 Å². The molecule has 2 heteroatoms. The third kappa shape index (κ3) is 7.15. The van der Waals surface area contributed by atoms with Crippen LogP contribution in [0.4, 0.5) is 0 Å². The predicted octanol–water partition coefficient (Wildman–Crippen LogP) is 4.60. The van der Waals surface area contributed by atoms with E-state index in [0.29, 0.717) is 6.42 Å². The quantitative estimate of drug-likeness (QED) is 0.518. The van der Waals surface area contributed by atoms with E-state index in [0.717, 1.165) is 19.3 Å². The standard InChI is InChI=1S/C16H33NO/c1-4-7-8-9-10-11-12-13-14-15(18)16(17,5-2)6-3/h4-14,17H2,1-3H3. The molecule has 0 aromatic rings. The van der Waals surface area contributed by atoms with E-state index in [1.54, 1.807) is 0 Å². The summed E-state index contributed by atoms with van der Waals surface area (Å²) in [6.45, 7) is 6.26. The molecule has 18 heavy (non-hydrogen) atoms. The first-order chi connectivity index (χ1) is 8.60. The lowest BCUT2D eigenvalue weighted by Crippen LogP contribution is -2.46. The van der Waals surface area contributed by atoms with E-state index < -0.39 is 5.54 Å². The SMILES string of the molecule is CCCCCCCCCCC(=O)C(N)(CC)CC. The lowest BCUT2D eigenvalue weighted by atomic mass is 9.86. The minimum Gasteiger partial charge on any atom is -0.319 e. The van der Waals surface area contributed by atoms with Gasteiger partial charge in [-0.3, -0.25) is 4.79 Å². The van der Waals surface area contributed by atoms with Gasteiger partial charge in [0, 0.05) is 6.42 Å². The van der Waals surface area contributed by atoms with E-state index in [9.17, 15) is 4.79 Å². The zero-order chi connectivity index (χ0) is 13.9. The monoisotopic (exact) mass is 255 g/mol. The Morgan fingerprint density at radius 1 is 0.833 bits per heavy atom. The number of unbranched alkanes of at least 4 members (excludes halogenated alkanes) is 7. The summed E-state index contributed by atoms with van der Waals surface area (Å²) in [6, 6.07) is 0. The third-order valence-electron chi connectivity index (χ3n) is 4.07. The van der Waals surface area contributed by atoms with Gasteiger partial charge in [-0.2, -0.15) is 0 Å². The van der Waals surface area contributed by atoms with Gasteiger partial charge in [0.2, 0.25) is 0 Å². The van der Waals surface area contributed by atoms with Crippen molar-refractivity contribution in [3.63, 3.8) is 0 Å². The minimum atomic E-state index is -0.554. The highest BCUT2D eigenvalue weighted by atomic mass is 16.1. The summed E-state index contributed by atoms with van der Waals surface area (Å²) in [6.07, 6.45) is 12.4. The minimum absolute atomic E-state index is 0.262. The van der Waals surface area contributed by atoms with Crippen LogP contribution in [-0.2, 0) is 4.79 Å². The summed E-state index contributed by atoms with van der Waals surface area (Å²) in [5, 5.41) is 0. The van der Waals surface area contributed by atoms with Crippen LogP contribution in [-0.4, -0.2) is 11.3 Å². The zero-order valence-corrected chi connectivity index (χ0v) is 12.8. The maximum atomic E-state index is 12.0. The van der Waals surface area contributed by atoms with Crippen molar-refractivity contribution in [2.24, 2.45) is 5.73 Å². The highest BCUT2D eigenvalue weighted by Gasteiger charge is 2.28. The van der Waals surface area contributed by atoms with Crippen molar-refractivity contribution >= 4 is 5.78 Å². The van der Waals surface area contributed by atoms with Crippen molar-refractivity contribution in [1.82, 2.24) is 0 Å². The second-order valence-corrected chi connectivity index (χ2v) is 5.51. The van der Waals surface area contributed by atoms with Gasteiger partial charge in [0.15, 0.2) is 5.78 Å². The highest BCUT2D eigenvalue weighted by Crippen LogP contribution is 2.17. The van der Waals surface area contributed by atoms with Gasteiger partial charge in [-0.05, 0) is 19.3 Å². The molecule has 0 aliphatic heterocycles. The summed E-state index contributed by atoms with van der Waals surface area (Å²) in [7, 11) is 0. The molecule has 0 amide bonds. The molecule has 108 valence electrons. The topological polar surface area (TPSA) is 43.1 Å². The Morgan fingerprint density at radius 2 is 1.28 bits per heavy atom. The van der Waals surface area contributed by atoms with Gasteiger partial charge in [-0.25, -0.2) is 0 Å². The molecule has 2 N–H and O–H groups in total. The Bertz CT molecular complexity index is 209. The molecule has 0 atom stereocenters. The van der Waals surface area contributed by atoms with Crippen molar-refractivity contribution in [3.8, 4) is 0 Å². The van der Waals surface area contributed by atoms with E-state index in [-0.39, 0.29) is 5.78 Å². The van der Waals surface area contributed by atoms with Crippen LogP contribution in [0.3, 0.4) is 0 Å². The molecule has 0 aromatic heterocycles. The Morgan fingerprint density at radius 3 is 1.72 bits per heavy atom. The molecule has 0 saturated carbocycles. The van der Waals surface area contributed by atoms with Crippen molar-refractivity contribution in [2.45, 2.75) is 96.9 Å². The normalized spacial score (nSPS) is 11.8. The fourth-order valence-corrected chi connectivity index (χ4v) is 2.31. The van der Waals surface area contributed by atoms with Crippen LogP contribution in [0.2, 0.25) is 0 Å². The van der Waals surface area contributed by atoms with Gasteiger partial charge in [-0.1, -0.05) is 65.7 Å². The van der Waals surface area contributed by atoms with Gasteiger partial charge < -0.3 is 5.73 Å². The molecular formula is C16H33NO. The molecular weight excluding hydrogens is 222 g/mol. The Balaban J connectivity index is 3.51. The molecule has 0 unspecified atom stereocenters. The van der Waals surface area contributed by atoms with E-state index >= 15 is 0 Å². The van der Waals surface area contributed by atoms with Gasteiger partial charge >= 0.3 is 0 Å². The maximum Gasteiger partial charge on any atom is 0.152 e. The predicted molar refractivity (Wildman–Crippen MR) is 79.7 cm³/mol. The number of hydrogen-bond donors (Lipinski definition) is 1. The summed E-state index contributed by atoms with van der Waals surface area (Å²) < 4.78 is 0. The summed E-state index contributed by atoms with van der Waals surface area (Å²) in [4.78, 5) is 12.0. The number of rotatable bonds is 12. The van der Waals surface area contributed by atoms with Crippen LogP contribution in [0.1, 0.15) is 91.4 Å². The van der Waals surface area contributed by atoms with Crippen LogP contribution in [0.25, 0.3) is 0 Å². The number of carbonyl (C=O) groups excluding carboxylic acids is 1. The number of ketones is 1. The Kier molecular flexibility index (Phi) is 10.3. The van der Waals surface area contributed by atoms with Crippen LogP contribution in [0.5, 0.6) is 0 Å². The molecule has 0 bridgehead atoms. The molecule has 0 saturated heterocycles. The highest BCUT2D eigenvalue weighted by molar-refractivity contribution is 5.87. The number of carbonyl (C=O) groups is 1. The van der Waals surface area contributed by atoms with Gasteiger partial charge in [0.05, 0.1) is 5.54 Å². The second-order valence-electron chi connectivity index (χ2n) is 5.51. The van der Waals surface area contributed by atoms with Crippen molar-refractivity contribution in [3.05, 3.63) is 0 Å². The first-order valence-corrected chi connectivity index (χ1v) is 7.92. The summed E-state index contributed by atoms with van der Waals surface area (Å²) in [5.41, 5.74) is 5.53. The first kappa shape index (κ1) is 17.6. The van der Waals surface area contributed by atoms with Crippen molar-refractivity contribution in [2.75, 3.05) is 0 Å². The molecule has 0 aromatic carbocycles. The number of hydrogen-bond acceptors (Lipinski definition) is 2. The van der Waals surface area contributed by atoms with E-state index in [1.165, 1.54) is 44.9 Å². The van der Waals surface area contributed by atoms with Crippen LogP contribution < -0.4 is 5.73 Å². The van der Waals surface area contributed by atoms with Crippen LogP contribution in [0.15, 0.2) is 0 Å². The second kappa shape index (κ2) is 10.5. The molecule has 0 heterocycles. The molecule has 0 rings (SSSR count). The molecule has 0 radical (unpaired) electrons. The fourth-order valence-electron chi connectivity index (χ4n) is 2.31. The molecule has 2 nitrogen and oxygen atoms in total. The molecule has 0 spiro atoms. The largest absolute Gasteiger partial charge is 0.319 e. The molecule has 0 fully saturated rings. The van der Waals surface area contributed by atoms with Crippen LogP contribution in [0, 0.1) is 0 Å². The molecule has 0 aliphatic rings. The maximum absolute atomic E-state index is 12.0. The average Bonchev–Trinajstić information content (AvgIpc) is 2.40. The smallest absolute Gasteiger partial charge is 0.152 e. The van der Waals surface area contributed by atoms with Gasteiger partial charge in [0.25, 0.3) is 0 Å². The Labute approximate surface area is 114 Å². The average molecular weight is 255 g/mol. The van der Waals surface area contributed by atoms with E-state index in [1.807, 2.05) is 13.8 Å². The van der Waals surface area contributed by atoms with Crippen LogP contribution >= 0.6 is 0 Å². The van der Waals surface area contributed by atoms with Gasteiger partial charge in [0.1, 0.15) is 0 Å².